The fourth-order valence-corrected chi connectivity index (χ4v) is 4.61. The second kappa shape index (κ2) is 8.62. The summed E-state index contributed by atoms with van der Waals surface area (Å²) >= 11 is 20.3. The Bertz CT molecular complexity index is 1080. The molecule has 0 spiro atoms. The number of hydrogen-bond donors (Lipinski definition) is 0. The van der Waals surface area contributed by atoms with Gasteiger partial charge in [0, 0.05) is 26.4 Å². The summed E-state index contributed by atoms with van der Waals surface area (Å²) in [6, 6.07) is 16.8. The van der Waals surface area contributed by atoms with Crippen LogP contribution in [0, 0.1) is 0 Å². The Balaban J connectivity index is 1.68. The molecule has 2 heterocycles. The molecule has 0 amide bonds. The van der Waals surface area contributed by atoms with E-state index in [9.17, 15) is 0 Å². The molecule has 8 heteroatoms. The minimum absolute atomic E-state index is 0.500. The van der Waals surface area contributed by atoms with Crippen LogP contribution in [0.1, 0.15) is 11.3 Å². The van der Waals surface area contributed by atoms with E-state index in [1.807, 2.05) is 59.2 Å². The Morgan fingerprint density at radius 1 is 0.929 bits per heavy atom. The molecule has 28 heavy (non-hydrogen) atoms. The maximum absolute atomic E-state index is 6.30. The zero-order chi connectivity index (χ0) is 19.5. The van der Waals surface area contributed by atoms with Crippen LogP contribution >= 0.6 is 46.6 Å². The molecule has 0 radical (unpaired) electrons. The van der Waals surface area contributed by atoms with Gasteiger partial charge in [-0.2, -0.15) is 0 Å². The molecule has 142 valence electrons. The van der Waals surface area contributed by atoms with Gasteiger partial charge in [-0.3, -0.25) is 4.57 Å². The minimum atomic E-state index is 0.500. The highest BCUT2D eigenvalue weighted by Gasteiger charge is 2.17. The van der Waals surface area contributed by atoms with Crippen LogP contribution in [-0.4, -0.2) is 14.8 Å². The van der Waals surface area contributed by atoms with Gasteiger partial charge in [0.15, 0.2) is 11.0 Å². The lowest BCUT2D eigenvalue weighted by atomic mass is 10.2. The highest BCUT2D eigenvalue weighted by molar-refractivity contribution is 7.98. The van der Waals surface area contributed by atoms with Crippen molar-refractivity contribution in [2.24, 2.45) is 0 Å². The van der Waals surface area contributed by atoms with Crippen molar-refractivity contribution in [2.45, 2.75) is 17.5 Å². The van der Waals surface area contributed by atoms with Gasteiger partial charge in [0.2, 0.25) is 0 Å². The van der Waals surface area contributed by atoms with Gasteiger partial charge in [-0.1, -0.05) is 64.8 Å². The summed E-state index contributed by atoms with van der Waals surface area (Å²) in [6.07, 6.45) is 1.65. The van der Waals surface area contributed by atoms with E-state index in [4.69, 9.17) is 39.2 Å². The van der Waals surface area contributed by atoms with Gasteiger partial charge >= 0.3 is 0 Å². The first-order valence-corrected chi connectivity index (χ1v) is 10.5. The number of hydrogen-bond acceptors (Lipinski definition) is 4. The molecule has 0 bridgehead atoms. The maximum Gasteiger partial charge on any atom is 0.192 e. The first-order valence-electron chi connectivity index (χ1n) is 8.39. The Morgan fingerprint density at radius 3 is 2.43 bits per heavy atom. The van der Waals surface area contributed by atoms with Crippen LogP contribution in [-0.2, 0) is 12.3 Å². The third kappa shape index (κ3) is 4.23. The lowest BCUT2D eigenvalue weighted by Crippen LogP contribution is -2.03. The molecular formula is C20H14Cl3N3OS. The largest absolute Gasteiger partial charge is 0.467 e. The molecule has 2 aromatic carbocycles. The quantitative estimate of drug-likeness (QED) is 0.302. The number of nitrogens with zero attached hydrogens (tertiary/aromatic N) is 3. The van der Waals surface area contributed by atoms with Crippen molar-refractivity contribution < 1.29 is 4.42 Å². The average Bonchev–Trinajstić information content (AvgIpc) is 3.32. The summed E-state index contributed by atoms with van der Waals surface area (Å²) in [6.45, 7) is 0.500. The summed E-state index contributed by atoms with van der Waals surface area (Å²) in [7, 11) is 0. The van der Waals surface area contributed by atoms with E-state index in [-0.39, 0.29) is 0 Å². The van der Waals surface area contributed by atoms with E-state index in [0.29, 0.717) is 33.2 Å². The van der Waals surface area contributed by atoms with Crippen molar-refractivity contribution in [1.29, 1.82) is 0 Å². The van der Waals surface area contributed by atoms with Crippen molar-refractivity contribution in [3.05, 3.63) is 87.3 Å². The van der Waals surface area contributed by atoms with Crippen LogP contribution in [0.4, 0.5) is 0 Å². The fraction of sp³-hybridized carbons (Fsp3) is 0.100. The van der Waals surface area contributed by atoms with Gasteiger partial charge in [0.05, 0.1) is 12.8 Å². The third-order valence-corrected chi connectivity index (χ3v) is 6.04. The van der Waals surface area contributed by atoms with Crippen LogP contribution in [0.25, 0.3) is 11.4 Å². The van der Waals surface area contributed by atoms with Crippen molar-refractivity contribution in [3.63, 3.8) is 0 Å². The second-order valence-electron chi connectivity index (χ2n) is 5.97. The van der Waals surface area contributed by atoms with Crippen LogP contribution in [0.2, 0.25) is 15.1 Å². The van der Waals surface area contributed by atoms with Crippen molar-refractivity contribution in [1.82, 2.24) is 14.8 Å². The van der Waals surface area contributed by atoms with E-state index in [1.54, 1.807) is 6.26 Å². The summed E-state index contributed by atoms with van der Waals surface area (Å²) < 4.78 is 7.52. The second-order valence-corrected chi connectivity index (χ2v) is 8.16. The number of furan rings is 1. The van der Waals surface area contributed by atoms with Crippen LogP contribution in [0.3, 0.4) is 0 Å². The van der Waals surface area contributed by atoms with Gasteiger partial charge in [-0.25, -0.2) is 0 Å². The Morgan fingerprint density at radius 2 is 1.71 bits per heavy atom. The molecule has 0 saturated carbocycles. The van der Waals surface area contributed by atoms with Gasteiger partial charge in [0.25, 0.3) is 0 Å². The molecule has 0 saturated heterocycles. The number of aromatic nitrogens is 3. The van der Waals surface area contributed by atoms with Gasteiger partial charge < -0.3 is 4.42 Å². The number of benzene rings is 2. The van der Waals surface area contributed by atoms with Crippen LogP contribution < -0.4 is 0 Å². The van der Waals surface area contributed by atoms with E-state index in [2.05, 4.69) is 10.2 Å². The molecule has 4 rings (SSSR count). The monoisotopic (exact) mass is 449 g/mol. The zero-order valence-electron chi connectivity index (χ0n) is 14.5. The topological polar surface area (TPSA) is 43.9 Å². The van der Waals surface area contributed by atoms with Gasteiger partial charge in [-0.15, -0.1) is 10.2 Å². The number of rotatable bonds is 6. The van der Waals surface area contributed by atoms with Gasteiger partial charge in [-0.05, 0) is 42.0 Å². The smallest absolute Gasteiger partial charge is 0.192 e. The molecule has 0 atom stereocenters. The van der Waals surface area contributed by atoms with E-state index in [0.717, 1.165) is 22.0 Å². The summed E-state index contributed by atoms with van der Waals surface area (Å²) in [5.74, 6) is 2.09. The molecule has 2 aromatic heterocycles. The lowest BCUT2D eigenvalue weighted by molar-refractivity contribution is 0.485. The zero-order valence-corrected chi connectivity index (χ0v) is 17.6. The standard InChI is InChI=1S/C20H14Cl3N3OS/c21-14-5-1-4-13(10-14)19-24-25-20(26(19)11-15-6-3-9-27-15)28-12-16-17(22)7-2-8-18(16)23/h1-10H,11-12H2. The van der Waals surface area contributed by atoms with Crippen molar-refractivity contribution in [3.8, 4) is 11.4 Å². The molecular weight excluding hydrogens is 437 g/mol. The molecule has 4 nitrogen and oxygen atoms in total. The van der Waals surface area contributed by atoms with Crippen LogP contribution in [0.15, 0.2) is 70.4 Å². The summed E-state index contributed by atoms with van der Waals surface area (Å²) in [5.41, 5.74) is 1.75. The van der Waals surface area contributed by atoms with Crippen LogP contribution in [0.5, 0.6) is 0 Å². The van der Waals surface area contributed by atoms with Gasteiger partial charge in [0.1, 0.15) is 5.76 Å². The maximum atomic E-state index is 6.30. The Kier molecular flexibility index (Phi) is 5.97. The fourth-order valence-electron chi connectivity index (χ4n) is 2.74. The minimum Gasteiger partial charge on any atom is -0.467 e. The molecule has 0 aliphatic heterocycles. The van der Waals surface area contributed by atoms with E-state index in [1.165, 1.54) is 11.8 Å². The third-order valence-electron chi connectivity index (χ3n) is 4.10. The predicted octanol–water partition coefficient (Wildman–Crippen LogP) is 6.84. The average molecular weight is 451 g/mol. The van der Waals surface area contributed by atoms with E-state index < -0.39 is 0 Å². The highest BCUT2D eigenvalue weighted by atomic mass is 35.5. The molecule has 0 N–H and O–H groups in total. The highest BCUT2D eigenvalue weighted by Crippen LogP contribution is 2.33. The summed E-state index contributed by atoms with van der Waals surface area (Å²) in [5, 5.41) is 11.4. The normalized spacial score (nSPS) is 11.1. The molecule has 4 aromatic rings. The van der Waals surface area contributed by atoms with Crippen molar-refractivity contribution >= 4 is 46.6 Å². The molecule has 0 fully saturated rings. The Labute approximate surface area is 181 Å². The number of halogens is 3. The Hall–Kier alpha value is -1.92. The lowest BCUT2D eigenvalue weighted by Gasteiger charge is -2.10. The molecule has 0 aliphatic carbocycles. The first-order chi connectivity index (χ1) is 13.6. The summed E-state index contributed by atoms with van der Waals surface area (Å²) in [4.78, 5) is 0. The molecule has 0 unspecified atom stereocenters. The predicted molar refractivity (Wildman–Crippen MR) is 114 cm³/mol. The van der Waals surface area contributed by atoms with E-state index >= 15 is 0 Å². The SMILES string of the molecule is Clc1cccc(-c2nnc(SCc3c(Cl)cccc3Cl)n2Cc2ccco2)c1. The van der Waals surface area contributed by atoms with Crippen molar-refractivity contribution in [2.75, 3.05) is 0 Å². The number of thioether (sulfide) groups is 1. The first kappa shape index (κ1) is 19.4. The molecule has 0 aliphatic rings.